The van der Waals surface area contributed by atoms with Crippen molar-refractivity contribution >= 4 is 17.3 Å². The van der Waals surface area contributed by atoms with E-state index in [2.05, 4.69) is 26.7 Å². The zero-order valence-electron chi connectivity index (χ0n) is 11.0. The lowest BCUT2D eigenvalue weighted by Gasteiger charge is -2.15. The van der Waals surface area contributed by atoms with Gasteiger partial charge in [0, 0.05) is 37.9 Å². The molecule has 0 saturated carbocycles. The predicted molar refractivity (Wildman–Crippen MR) is 77.7 cm³/mol. The second kappa shape index (κ2) is 5.73. The number of carbonyl (C=O) groups is 1. The number of hydrogen-bond acceptors (Lipinski definition) is 4. The van der Waals surface area contributed by atoms with E-state index in [-0.39, 0.29) is 11.8 Å². The van der Waals surface area contributed by atoms with Gasteiger partial charge in [0.25, 0.3) is 0 Å². The minimum atomic E-state index is -0.709. The number of pyridine rings is 1. The molecule has 1 aliphatic rings. The molecule has 0 spiro atoms. The molecule has 1 N–H and O–H groups in total. The van der Waals surface area contributed by atoms with Gasteiger partial charge in [0.2, 0.25) is 0 Å². The molecular weight excluding hydrogens is 272 g/mol. The summed E-state index contributed by atoms with van der Waals surface area (Å²) in [7, 11) is 0. The Balaban J connectivity index is 1.77. The molecule has 1 saturated heterocycles. The molecule has 0 bridgehead atoms. The Morgan fingerprint density at radius 3 is 2.80 bits per heavy atom. The Kier molecular flexibility index (Phi) is 3.80. The van der Waals surface area contributed by atoms with E-state index in [1.54, 1.807) is 23.7 Å². The van der Waals surface area contributed by atoms with Crippen LogP contribution in [0.15, 0.2) is 41.4 Å². The summed E-state index contributed by atoms with van der Waals surface area (Å²) in [5, 5.41) is 13.6. The number of aliphatic carboxylic acids is 1. The van der Waals surface area contributed by atoms with E-state index in [4.69, 9.17) is 0 Å². The smallest absolute Gasteiger partial charge is 0.308 e. The highest BCUT2D eigenvalue weighted by atomic mass is 32.1. The molecule has 5 heteroatoms. The molecule has 0 aliphatic carbocycles. The van der Waals surface area contributed by atoms with Crippen molar-refractivity contribution < 1.29 is 9.90 Å². The molecule has 3 heterocycles. The van der Waals surface area contributed by atoms with Gasteiger partial charge in [-0.05, 0) is 40.1 Å². The number of rotatable bonds is 4. The van der Waals surface area contributed by atoms with Gasteiger partial charge in [-0.1, -0.05) is 0 Å². The van der Waals surface area contributed by atoms with Gasteiger partial charge in [-0.25, -0.2) is 0 Å². The average Bonchev–Trinajstić information content (AvgIpc) is 3.10. The maximum absolute atomic E-state index is 11.5. The molecule has 104 valence electrons. The largest absolute Gasteiger partial charge is 0.481 e. The number of nitrogens with zero attached hydrogens (tertiary/aromatic N) is 2. The van der Waals surface area contributed by atoms with Crippen LogP contribution in [0.25, 0.3) is 0 Å². The third kappa shape index (κ3) is 2.73. The van der Waals surface area contributed by atoms with Crippen molar-refractivity contribution in [2.24, 2.45) is 5.92 Å². The summed E-state index contributed by atoms with van der Waals surface area (Å²) < 4.78 is 0. The summed E-state index contributed by atoms with van der Waals surface area (Å²) in [5.74, 6) is -0.996. The second-order valence-electron chi connectivity index (χ2n) is 5.16. The highest BCUT2D eigenvalue weighted by Crippen LogP contribution is 2.33. The number of carboxylic acids is 1. The van der Waals surface area contributed by atoms with E-state index in [9.17, 15) is 9.90 Å². The minimum Gasteiger partial charge on any atom is -0.481 e. The van der Waals surface area contributed by atoms with Gasteiger partial charge >= 0.3 is 5.97 Å². The number of thiophene rings is 1. The van der Waals surface area contributed by atoms with Crippen LogP contribution in [0.4, 0.5) is 0 Å². The molecule has 2 aromatic heterocycles. The molecule has 2 aromatic rings. The molecule has 3 rings (SSSR count). The molecule has 1 aliphatic heterocycles. The molecule has 4 nitrogen and oxygen atoms in total. The van der Waals surface area contributed by atoms with Gasteiger partial charge in [-0.15, -0.1) is 0 Å². The van der Waals surface area contributed by atoms with Crippen LogP contribution in [0.1, 0.15) is 17.0 Å². The van der Waals surface area contributed by atoms with Crippen molar-refractivity contribution in [2.75, 3.05) is 13.1 Å². The first kappa shape index (κ1) is 13.3. The normalized spacial score (nSPS) is 23.0. The summed E-state index contributed by atoms with van der Waals surface area (Å²) >= 11 is 1.68. The Morgan fingerprint density at radius 1 is 1.35 bits per heavy atom. The first-order chi connectivity index (χ1) is 9.74. The van der Waals surface area contributed by atoms with Crippen LogP contribution in [0, 0.1) is 5.92 Å². The van der Waals surface area contributed by atoms with E-state index >= 15 is 0 Å². The molecule has 0 unspecified atom stereocenters. The van der Waals surface area contributed by atoms with Gasteiger partial charge in [0.15, 0.2) is 0 Å². The van der Waals surface area contributed by atoms with Crippen molar-refractivity contribution in [2.45, 2.75) is 12.5 Å². The van der Waals surface area contributed by atoms with Crippen molar-refractivity contribution in [3.05, 3.63) is 52.5 Å². The molecule has 0 radical (unpaired) electrons. The Morgan fingerprint density at radius 2 is 2.15 bits per heavy atom. The Bertz CT molecular complexity index is 571. The van der Waals surface area contributed by atoms with Gasteiger partial charge in [0.05, 0.1) is 5.92 Å². The van der Waals surface area contributed by atoms with Gasteiger partial charge in [0.1, 0.15) is 0 Å². The third-order valence-corrected chi connectivity index (χ3v) is 4.57. The molecule has 1 fully saturated rings. The Hall–Kier alpha value is -1.72. The fraction of sp³-hybridized carbons (Fsp3) is 0.333. The van der Waals surface area contributed by atoms with Gasteiger partial charge in [-0.3, -0.25) is 14.7 Å². The van der Waals surface area contributed by atoms with Crippen LogP contribution in [-0.2, 0) is 11.3 Å². The highest BCUT2D eigenvalue weighted by Gasteiger charge is 2.38. The number of aromatic nitrogens is 1. The topological polar surface area (TPSA) is 53.4 Å². The van der Waals surface area contributed by atoms with E-state index in [0.29, 0.717) is 6.54 Å². The molecule has 0 aromatic carbocycles. The van der Waals surface area contributed by atoms with E-state index < -0.39 is 5.97 Å². The monoisotopic (exact) mass is 288 g/mol. The van der Waals surface area contributed by atoms with Crippen molar-refractivity contribution in [1.82, 2.24) is 9.88 Å². The van der Waals surface area contributed by atoms with Crippen LogP contribution in [0.3, 0.4) is 0 Å². The first-order valence-corrected chi connectivity index (χ1v) is 7.54. The summed E-state index contributed by atoms with van der Waals surface area (Å²) in [6, 6.07) is 5.95. The standard InChI is InChI=1S/C15H16N2O2S/c18-15(19)14-9-17(7-11-3-6-20-10-11)8-13(14)12-1-4-16-5-2-12/h1-6,10,13-14H,7-9H2,(H,18,19)/t13-,14+/m0/s1. The second-order valence-corrected chi connectivity index (χ2v) is 5.94. The maximum Gasteiger partial charge on any atom is 0.308 e. The lowest BCUT2D eigenvalue weighted by Crippen LogP contribution is -2.23. The highest BCUT2D eigenvalue weighted by molar-refractivity contribution is 7.07. The minimum absolute atomic E-state index is 0.0501. The molecule has 20 heavy (non-hydrogen) atoms. The SMILES string of the molecule is O=C(O)[C@@H]1CN(Cc2ccsc2)C[C@H]1c1ccncc1. The fourth-order valence-electron chi connectivity index (χ4n) is 2.85. The summed E-state index contributed by atoms with van der Waals surface area (Å²) in [6.45, 7) is 2.23. The number of carboxylic acid groups (broad SMARTS) is 1. The first-order valence-electron chi connectivity index (χ1n) is 6.60. The molecular formula is C15H16N2O2S. The van der Waals surface area contributed by atoms with Gasteiger partial charge < -0.3 is 5.11 Å². The lowest BCUT2D eigenvalue weighted by molar-refractivity contribution is -0.141. The summed E-state index contributed by atoms with van der Waals surface area (Å²) in [6.07, 6.45) is 3.46. The third-order valence-electron chi connectivity index (χ3n) is 3.83. The molecule has 0 amide bonds. The van der Waals surface area contributed by atoms with E-state index in [1.807, 2.05) is 12.1 Å². The van der Waals surface area contributed by atoms with Crippen LogP contribution in [0.5, 0.6) is 0 Å². The molecule has 2 atom stereocenters. The summed E-state index contributed by atoms with van der Waals surface area (Å²) in [4.78, 5) is 17.7. The van der Waals surface area contributed by atoms with Crippen molar-refractivity contribution in [1.29, 1.82) is 0 Å². The number of likely N-dealkylation sites (tertiary alicyclic amines) is 1. The van der Waals surface area contributed by atoms with Crippen LogP contribution >= 0.6 is 11.3 Å². The Labute approximate surface area is 121 Å². The van der Waals surface area contributed by atoms with Crippen LogP contribution in [-0.4, -0.2) is 34.0 Å². The van der Waals surface area contributed by atoms with Crippen molar-refractivity contribution in [3.8, 4) is 0 Å². The van der Waals surface area contributed by atoms with Gasteiger partial charge in [-0.2, -0.15) is 11.3 Å². The number of hydrogen-bond donors (Lipinski definition) is 1. The maximum atomic E-state index is 11.5. The van der Waals surface area contributed by atoms with E-state index in [1.165, 1.54) is 5.56 Å². The zero-order chi connectivity index (χ0) is 13.9. The lowest BCUT2D eigenvalue weighted by atomic mass is 9.90. The predicted octanol–water partition coefficient (Wildman–Crippen LogP) is 2.44. The zero-order valence-corrected chi connectivity index (χ0v) is 11.8. The fourth-order valence-corrected chi connectivity index (χ4v) is 3.51. The average molecular weight is 288 g/mol. The van der Waals surface area contributed by atoms with Crippen LogP contribution in [0.2, 0.25) is 0 Å². The van der Waals surface area contributed by atoms with E-state index in [0.717, 1.165) is 18.7 Å². The summed E-state index contributed by atoms with van der Waals surface area (Å²) in [5.41, 5.74) is 2.33. The van der Waals surface area contributed by atoms with Crippen LogP contribution < -0.4 is 0 Å². The van der Waals surface area contributed by atoms with Crippen molar-refractivity contribution in [3.63, 3.8) is 0 Å². The quantitative estimate of drug-likeness (QED) is 0.939.